The predicted octanol–water partition coefficient (Wildman–Crippen LogP) is 20.9. The lowest BCUT2D eigenvalue weighted by molar-refractivity contribution is -0.166. The number of unbranched alkanes of at least 4 members (excludes halogenated alkanes) is 12. The van der Waals surface area contributed by atoms with Gasteiger partial charge < -0.3 is 14.2 Å². The first-order valence-corrected chi connectivity index (χ1v) is 30.3. The van der Waals surface area contributed by atoms with Crippen molar-refractivity contribution in [1.29, 1.82) is 0 Å². The zero-order valence-electron chi connectivity index (χ0n) is 48.9. The van der Waals surface area contributed by atoms with E-state index in [1.807, 2.05) is 6.08 Å². The number of esters is 3. The monoisotopic (exact) mass is 1060 g/mol. The maximum atomic E-state index is 12.8. The number of ether oxygens (including phenoxy) is 3. The molecule has 0 aromatic rings. The fourth-order valence-electron chi connectivity index (χ4n) is 7.51. The van der Waals surface area contributed by atoms with E-state index in [1.165, 1.54) is 38.5 Å². The third-order valence-corrected chi connectivity index (χ3v) is 11.9. The summed E-state index contributed by atoms with van der Waals surface area (Å²) < 4.78 is 16.7. The van der Waals surface area contributed by atoms with Crippen molar-refractivity contribution in [1.82, 2.24) is 0 Å². The SMILES string of the molecule is CC/C=C\C/C=C\C/C=C\C/C=C\C/C=C\C/C=C\C/C=C\CCCCCCCCCCCC(=O)OCC(COC(=O)CCCCC/C=C\C/C=C\C/C=C\CC)OC(=O)C/C=C\C/C=C\C/C=C\C/C=C\C/C=C\CC. The highest BCUT2D eigenvalue weighted by Crippen LogP contribution is 2.13. The molecule has 1 atom stereocenters. The van der Waals surface area contributed by atoms with Crippen LogP contribution in [-0.4, -0.2) is 37.2 Å². The summed E-state index contributed by atoms with van der Waals surface area (Å²) in [6, 6.07) is 0. The molecule has 0 aromatic carbocycles. The highest BCUT2D eigenvalue weighted by molar-refractivity contribution is 5.72. The van der Waals surface area contributed by atoms with Gasteiger partial charge in [-0.15, -0.1) is 0 Å². The Labute approximate surface area is 472 Å². The van der Waals surface area contributed by atoms with Crippen LogP contribution in [0.1, 0.15) is 226 Å². The Bertz CT molecular complexity index is 1840. The van der Waals surface area contributed by atoms with Gasteiger partial charge in [-0.05, 0) is 135 Å². The second kappa shape index (κ2) is 63.0. The van der Waals surface area contributed by atoms with E-state index in [-0.39, 0.29) is 31.6 Å². The number of rotatable bonds is 52. The van der Waals surface area contributed by atoms with Crippen LogP contribution in [0.4, 0.5) is 0 Å². The van der Waals surface area contributed by atoms with Gasteiger partial charge in [-0.3, -0.25) is 14.4 Å². The highest BCUT2D eigenvalue weighted by atomic mass is 16.6. The molecule has 0 rings (SSSR count). The quantitative estimate of drug-likeness (QED) is 0.0261. The molecule has 0 aliphatic carbocycles. The second-order valence-corrected chi connectivity index (χ2v) is 19.1. The Balaban J connectivity index is 4.39. The van der Waals surface area contributed by atoms with Gasteiger partial charge in [0.05, 0.1) is 6.42 Å². The molecule has 77 heavy (non-hydrogen) atoms. The first-order chi connectivity index (χ1) is 38.0. The smallest absolute Gasteiger partial charge is 0.310 e. The Morgan fingerprint density at radius 2 is 0.506 bits per heavy atom. The largest absolute Gasteiger partial charge is 0.462 e. The van der Waals surface area contributed by atoms with Gasteiger partial charge in [0.25, 0.3) is 0 Å². The molecule has 0 aliphatic heterocycles. The summed E-state index contributed by atoms with van der Waals surface area (Å²) in [5, 5.41) is 0. The van der Waals surface area contributed by atoms with Gasteiger partial charge in [0, 0.05) is 12.8 Å². The van der Waals surface area contributed by atoms with E-state index in [4.69, 9.17) is 14.2 Å². The minimum atomic E-state index is -0.857. The van der Waals surface area contributed by atoms with E-state index in [1.54, 1.807) is 6.08 Å². The zero-order valence-corrected chi connectivity index (χ0v) is 48.9. The van der Waals surface area contributed by atoms with Crippen LogP contribution in [0.3, 0.4) is 0 Å². The molecule has 0 saturated carbocycles. The Kier molecular flexibility index (Phi) is 58.6. The van der Waals surface area contributed by atoms with Crippen molar-refractivity contribution >= 4 is 17.9 Å². The number of carbonyl (C=O) groups is 3. The summed E-state index contributed by atoms with van der Waals surface area (Å²) in [7, 11) is 0. The van der Waals surface area contributed by atoms with Gasteiger partial charge in [-0.25, -0.2) is 0 Å². The summed E-state index contributed by atoms with van der Waals surface area (Å²) in [5.41, 5.74) is 0. The predicted molar refractivity (Wildman–Crippen MR) is 334 cm³/mol. The Morgan fingerprint density at radius 1 is 0.273 bits per heavy atom. The van der Waals surface area contributed by atoms with Gasteiger partial charge in [-0.1, -0.05) is 254 Å². The summed E-state index contributed by atoms with van der Waals surface area (Å²) in [6.45, 7) is 6.16. The van der Waals surface area contributed by atoms with Crippen molar-refractivity contribution in [2.75, 3.05) is 13.2 Å². The fraction of sp³-hybridized carbons (Fsp3) is 0.535. The first kappa shape index (κ1) is 71.5. The van der Waals surface area contributed by atoms with E-state index < -0.39 is 12.1 Å². The molecule has 0 aliphatic rings. The van der Waals surface area contributed by atoms with Crippen LogP contribution < -0.4 is 0 Å². The average Bonchev–Trinajstić information content (AvgIpc) is 3.43. The molecule has 0 fully saturated rings. The van der Waals surface area contributed by atoms with Crippen molar-refractivity contribution in [2.45, 2.75) is 232 Å². The molecule has 0 heterocycles. The third-order valence-electron chi connectivity index (χ3n) is 11.9. The Morgan fingerprint density at radius 3 is 0.805 bits per heavy atom. The third kappa shape index (κ3) is 61.2. The van der Waals surface area contributed by atoms with Crippen LogP contribution in [0.15, 0.2) is 182 Å². The standard InChI is InChI=1S/C71H108O6/c1-4-7-10-13-16-19-22-25-27-28-29-30-31-32-33-34-35-36-37-38-39-40-41-42-44-46-49-52-55-58-61-64-70(73)76-67-68(66-75-69(72)63-60-57-54-51-48-45-24-21-18-15-12-9-6-3)77-71(74)65-62-59-56-53-50-47-43-26-23-20-17-14-11-8-5-2/h7-12,16-21,25-27,29-30,32-33,35-36,38-39,43,45,48,50,53,59,62,68H,4-6,13-15,22-24,28,31,34,37,40-42,44,46-47,49,51-52,54-58,60-61,63-67H2,1-3H3/b10-7-,11-8-,12-9-,19-16-,20-17-,21-18-,27-25-,30-29-,33-32-,36-35-,39-38-,43-26-,48-45-,53-50-,62-59-. The molecule has 6 heteroatoms. The van der Waals surface area contributed by atoms with Gasteiger partial charge >= 0.3 is 17.9 Å². The van der Waals surface area contributed by atoms with Crippen LogP contribution in [0.2, 0.25) is 0 Å². The van der Waals surface area contributed by atoms with Crippen LogP contribution in [0.25, 0.3) is 0 Å². The molecule has 0 N–H and O–H groups in total. The van der Waals surface area contributed by atoms with Crippen LogP contribution in [-0.2, 0) is 28.6 Å². The molecule has 0 radical (unpaired) electrons. The molecule has 428 valence electrons. The number of hydrogen-bond donors (Lipinski definition) is 0. The lowest BCUT2D eigenvalue weighted by Gasteiger charge is -2.18. The van der Waals surface area contributed by atoms with Crippen molar-refractivity contribution in [3.8, 4) is 0 Å². The van der Waals surface area contributed by atoms with Crippen LogP contribution >= 0.6 is 0 Å². The normalized spacial score (nSPS) is 13.4. The average molecular weight is 1060 g/mol. The van der Waals surface area contributed by atoms with E-state index in [2.05, 4.69) is 191 Å². The maximum absolute atomic E-state index is 12.8. The highest BCUT2D eigenvalue weighted by Gasteiger charge is 2.19. The molecule has 0 bridgehead atoms. The lowest BCUT2D eigenvalue weighted by atomic mass is 10.1. The summed E-state index contributed by atoms with van der Waals surface area (Å²) in [6.07, 6.45) is 95.0. The first-order valence-electron chi connectivity index (χ1n) is 30.3. The van der Waals surface area contributed by atoms with Gasteiger partial charge in [0.15, 0.2) is 6.10 Å². The van der Waals surface area contributed by atoms with Crippen molar-refractivity contribution in [3.63, 3.8) is 0 Å². The number of hydrogen-bond acceptors (Lipinski definition) is 6. The van der Waals surface area contributed by atoms with Gasteiger partial charge in [-0.2, -0.15) is 0 Å². The molecular formula is C71H108O6. The fourth-order valence-corrected chi connectivity index (χ4v) is 7.51. The van der Waals surface area contributed by atoms with Crippen LogP contribution in [0, 0.1) is 0 Å². The molecule has 1 unspecified atom stereocenters. The summed E-state index contributed by atoms with van der Waals surface area (Å²) >= 11 is 0. The van der Waals surface area contributed by atoms with E-state index in [0.29, 0.717) is 19.3 Å². The van der Waals surface area contributed by atoms with E-state index in [9.17, 15) is 14.4 Å². The van der Waals surface area contributed by atoms with Crippen molar-refractivity contribution in [3.05, 3.63) is 182 Å². The topological polar surface area (TPSA) is 78.9 Å². The lowest BCUT2D eigenvalue weighted by Crippen LogP contribution is -2.30. The molecule has 0 aromatic heterocycles. The Hall–Kier alpha value is -5.49. The van der Waals surface area contributed by atoms with E-state index >= 15 is 0 Å². The number of allylic oxidation sites excluding steroid dienone is 29. The number of carbonyl (C=O) groups excluding carboxylic acids is 3. The molecule has 0 amide bonds. The minimum Gasteiger partial charge on any atom is -0.462 e. The second-order valence-electron chi connectivity index (χ2n) is 19.1. The summed E-state index contributed by atoms with van der Waals surface area (Å²) in [5.74, 6) is -1.12. The zero-order chi connectivity index (χ0) is 55.7. The van der Waals surface area contributed by atoms with Crippen molar-refractivity contribution < 1.29 is 28.6 Å². The summed E-state index contributed by atoms with van der Waals surface area (Å²) in [4.78, 5) is 38.1. The molecule has 6 nitrogen and oxygen atoms in total. The van der Waals surface area contributed by atoms with Gasteiger partial charge in [0.2, 0.25) is 0 Å². The minimum absolute atomic E-state index is 0.0800. The maximum Gasteiger partial charge on any atom is 0.310 e. The van der Waals surface area contributed by atoms with Crippen LogP contribution in [0.5, 0.6) is 0 Å². The molecule has 0 saturated heterocycles. The van der Waals surface area contributed by atoms with Crippen molar-refractivity contribution in [2.24, 2.45) is 0 Å². The van der Waals surface area contributed by atoms with Gasteiger partial charge in [0.1, 0.15) is 13.2 Å². The molecule has 0 spiro atoms. The molecular weight excluding hydrogens is 949 g/mol. The van der Waals surface area contributed by atoms with E-state index in [0.717, 1.165) is 141 Å².